The first-order chi connectivity index (χ1) is 19.3. The van der Waals surface area contributed by atoms with Gasteiger partial charge in [-0.15, -0.1) is 0 Å². The van der Waals surface area contributed by atoms with E-state index in [0.717, 1.165) is 34.3 Å². The lowest BCUT2D eigenvalue weighted by molar-refractivity contribution is -0.141. The van der Waals surface area contributed by atoms with Gasteiger partial charge in [0, 0.05) is 33.0 Å². The van der Waals surface area contributed by atoms with Crippen LogP contribution in [-0.4, -0.2) is 51.0 Å². The van der Waals surface area contributed by atoms with Crippen molar-refractivity contribution in [3.63, 3.8) is 0 Å². The van der Waals surface area contributed by atoms with Gasteiger partial charge in [0.05, 0.1) is 17.5 Å². The molecule has 0 spiro atoms. The first kappa shape index (κ1) is 31.6. The summed E-state index contributed by atoms with van der Waals surface area (Å²) >= 11 is 0. The molecule has 0 aliphatic rings. The first-order valence-corrected chi connectivity index (χ1v) is 14.6. The van der Waals surface area contributed by atoms with E-state index in [-0.39, 0.29) is 38.0 Å². The van der Waals surface area contributed by atoms with Crippen LogP contribution in [0.15, 0.2) is 78.9 Å². The quantitative estimate of drug-likeness (QED) is 0.307. The lowest BCUT2D eigenvalue weighted by Gasteiger charge is -2.31. The molecule has 0 aliphatic carbocycles. The van der Waals surface area contributed by atoms with Gasteiger partial charge in [-0.05, 0) is 47.9 Å². The molecule has 0 radical (unpaired) electrons. The van der Waals surface area contributed by atoms with Gasteiger partial charge in [-0.2, -0.15) is 13.2 Å². The van der Waals surface area contributed by atoms with Crippen LogP contribution in [0.3, 0.4) is 0 Å². The maximum atomic E-state index is 13.6. The molecular formula is C29H31F4N3O4S. The molecule has 0 saturated heterocycles. The van der Waals surface area contributed by atoms with Crippen molar-refractivity contribution in [3.05, 3.63) is 101 Å². The molecule has 3 aromatic rings. The van der Waals surface area contributed by atoms with Crippen LogP contribution in [0, 0.1) is 5.82 Å². The van der Waals surface area contributed by atoms with Crippen LogP contribution in [0.2, 0.25) is 0 Å². The number of nitrogens with one attached hydrogen (secondary N) is 1. The fourth-order valence-electron chi connectivity index (χ4n) is 4.35. The van der Waals surface area contributed by atoms with E-state index in [0.29, 0.717) is 5.56 Å². The average Bonchev–Trinajstić information content (AvgIpc) is 2.93. The molecule has 0 aliphatic heterocycles. The normalized spacial score (nSPS) is 12.4. The summed E-state index contributed by atoms with van der Waals surface area (Å²) in [6, 6.07) is 17.5. The van der Waals surface area contributed by atoms with E-state index < -0.39 is 45.4 Å². The van der Waals surface area contributed by atoms with Crippen molar-refractivity contribution in [1.29, 1.82) is 0 Å². The Morgan fingerprint density at radius 2 is 1.59 bits per heavy atom. The number of hydrogen-bond donors (Lipinski definition) is 1. The Morgan fingerprint density at radius 1 is 0.927 bits per heavy atom. The van der Waals surface area contributed by atoms with Gasteiger partial charge in [-0.3, -0.25) is 13.9 Å². The number of halogens is 4. The maximum Gasteiger partial charge on any atom is 0.416 e. The third kappa shape index (κ3) is 9.04. The Hall–Kier alpha value is -3.93. The van der Waals surface area contributed by atoms with Crippen molar-refractivity contribution in [3.8, 4) is 0 Å². The summed E-state index contributed by atoms with van der Waals surface area (Å²) in [4.78, 5) is 27.9. The molecule has 41 heavy (non-hydrogen) atoms. The van der Waals surface area contributed by atoms with Gasteiger partial charge in [0.2, 0.25) is 21.8 Å². The topological polar surface area (TPSA) is 86.8 Å². The number of rotatable bonds is 12. The molecule has 3 rings (SSSR count). The van der Waals surface area contributed by atoms with Crippen LogP contribution in [0.4, 0.5) is 23.2 Å². The lowest BCUT2D eigenvalue weighted by atomic mass is 10.0. The highest BCUT2D eigenvalue weighted by molar-refractivity contribution is 7.92. The maximum absolute atomic E-state index is 13.6. The van der Waals surface area contributed by atoms with Crippen molar-refractivity contribution >= 4 is 27.5 Å². The Balaban J connectivity index is 1.85. The van der Waals surface area contributed by atoms with Gasteiger partial charge >= 0.3 is 6.18 Å². The second-order valence-corrected chi connectivity index (χ2v) is 11.4. The average molecular weight is 594 g/mol. The molecule has 0 aromatic heterocycles. The summed E-state index contributed by atoms with van der Waals surface area (Å²) in [5.41, 5.74) is 0.194. The minimum absolute atomic E-state index is 0.0204. The van der Waals surface area contributed by atoms with Crippen LogP contribution in [0.5, 0.6) is 0 Å². The molecule has 0 heterocycles. The predicted octanol–water partition coefficient (Wildman–Crippen LogP) is 4.78. The molecule has 0 bridgehead atoms. The predicted molar refractivity (Wildman–Crippen MR) is 148 cm³/mol. The summed E-state index contributed by atoms with van der Waals surface area (Å²) in [5, 5.41) is 2.58. The molecule has 2 amide bonds. The molecule has 3 aromatic carbocycles. The number of sulfonamides is 1. The van der Waals surface area contributed by atoms with E-state index in [1.807, 2.05) is 18.2 Å². The molecule has 1 atom stereocenters. The molecule has 0 saturated carbocycles. The van der Waals surface area contributed by atoms with E-state index in [4.69, 9.17) is 0 Å². The van der Waals surface area contributed by atoms with Gasteiger partial charge in [0.1, 0.15) is 11.9 Å². The number of hydrogen-bond acceptors (Lipinski definition) is 4. The summed E-state index contributed by atoms with van der Waals surface area (Å²) in [5.74, 6) is -1.36. The van der Waals surface area contributed by atoms with Crippen LogP contribution in [0.1, 0.15) is 29.5 Å². The van der Waals surface area contributed by atoms with E-state index in [2.05, 4.69) is 5.32 Å². The van der Waals surface area contributed by atoms with Crippen molar-refractivity contribution < 1.29 is 35.6 Å². The third-order valence-corrected chi connectivity index (χ3v) is 7.59. The Kier molecular flexibility index (Phi) is 10.5. The monoisotopic (exact) mass is 593 g/mol. The fraction of sp³-hybridized carbons (Fsp3) is 0.310. The second kappa shape index (κ2) is 13.6. The summed E-state index contributed by atoms with van der Waals surface area (Å²) in [6.07, 6.45) is -3.84. The molecule has 7 nitrogen and oxygen atoms in total. The summed E-state index contributed by atoms with van der Waals surface area (Å²) in [6.45, 7) is -0.285. The standard InChI is InChI=1S/C29H31F4N3O4S/c1-34-28(38)26(18-21-8-4-3-5-9-21)35(20-22-13-15-24(30)16-14-22)27(37)12-7-17-36(41(2,39)40)25-11-6-10-23(19-25)29(31,32)33/h3-6,8-11,13-16,19,26H,7,12,17-18,20H2,1-2H3,(H,34,38). The van der Waals surface area contributed by atoms with E-state index >= 15 is 0 Å². The lowest BCUT2D eigenvalue weighted by Crippen LogP contribution is -2.49. The van der Waals surface area contributed by atoms with E-state index in [9.17, 15) is 35.6 Å². The summed E-state index contributed by atoms with van der Waals surface area (Å²) < 4.78 is 79.0. The smallest absolute Gasteiger partial charge is 0.357 e. The van der Waals surface area contributed by atoms with Crippen LogP contribution in [-0.2, 0) is 38.8 Å². The van der Waals surface area contributed by atoms with Gasteiger partial charge in [0.15, 0.2) is 0 Å². The second-order valence-electron chi connectivity index (χ2n) is 9.45. The van der Waals surface area contributed by atoms with Crippen molar-refractivity contribution in [2.45, 2.75) is 38.0 Å². The number of anilines is 1. The molecule has 12 heteroatoms. The molecule has 1 N–H and O–H groups in total. The van der Waals surface area contributed by atoms with E-state index in [1.165, 1.54) is 42.3 Å². The highest BCUT2D eigenvalue weighted by Gasteiger charge is 2.32. The summed E-state index contributed by atoms with van der Waals surface area (Å²) in [7, 11) is -2.54. The van der Waals surface area contributed by atoms with Gasteiger partial charge < -0.3 is 10.2 Å². The zero-order chi connectivity index (χ0) is 30.2. The Bertz CT molecular complexity index is 1430. The minimum Gasteiger partial charge on any atom is -0.357 e. The zero-order valence-corrected chi connectivity index (χ0v) is 23.4. The molecule has 220 valence electrons. The highest BCUT2D eigenvalue weighted by atomic mass is 32.2. The molecule has 1 unspecified atom stereocenters. The van der Waals surface area contributed by atoms with Gasteiger partial charge in [0.25, 0.3) is 0 Å². The largest absolute Gasteiger partial charge is 0.416 e. The minimum atomic E-state index is -4.66. The number of carbonyl (C=O) groups is 2. The zero-order valence-electron chi connectivity index (χ0n) is 22.6. The molecular weight excluding hydrogens is 562 g/mol. The SMILES string of the molecule is CNC(=O)C(Cc1ccccc1)N(Cc1ccc(F)cc1)C(=O)CCCN(c1cccc(C(F)(F)F)c1)S(C)(=O)=O. The number of benzene rings is 3. The first-order valence-electron chi connectivity index (χ1n) is 12.7. The molecule has 0 fully saturated rings. The number of amides is 2. The number of alkyl halides is 3. The van der Waals surface area contributed by atoms with Crippen LogP contribution >= 0.6 is 0 Å². The number of carbonyl (C=O) groups excluding carboxylic acids is 2. The van der Waals surface area contributed by atoms with Crippen LogP contribution in [0.25, 0.3) is 0 Å². The third-order valence-electron chi connectivity index (χ3n) is 6.40. The van der Waals surface area contributed by atoms with Gasteiger partial charge in [-0.1, -0.05) is 48.5 Å². The van der Waals surface area contributed by atoms with Gasteiger partial charge in [-0.25, -0.2) is 12.8 Å². The Labute approximate surface area is 236 Å². The van der Waals surface area contributed by atoms with Crippen LogP contribution < -0.4 is 9.62 Å². The van der Waals surface area contributed by atoms with Crippen molar-refractivity contribution in [2.24, 2.45) is 0 Å². The van der Waals surface area contributed by atoms with Crippen molar-refractivity contribution in [1.82, 2.24) is 10.2 Å². The fourth-order valence-corrected chi connectivity index (χ4v) is 5.31. The number of nitrogens with zero attached hydrogens (tertiary/aromatic N) is 2. The Morgan fingerprint density at radius 3 is 2.17 bits per heavy atom. The van der Waals surface area contributed by atoms with E-state index in [1.54, 1.807) is 12.1 Å². The highest BCUT2D eigenvalue weighted by Crippen LogP contribution is 2.32. The number of likely N-dealkylation sites (N-methyl/N-ethyl adjacent to an activating group) is 1. The van der Waals surface area contributed by atoms with Crippen molar-refractivity contribution in [2.75, 3.05) is 24.2 Å².